The summed E-state index contributed by atoms with van der Waals surface area (Å²) < 4.78 is 29.1. The molecule has 9 heteroatoms. The molecule has 1 unspecified atom stereocenters. The summed E-state index contributed by atoms with van der Waals surface area (Å²) in [6.45, 7) is 1.07. The zero-order valence-electron chi connectivity index (χ0n) is 10.9. The first kappa shape index (κ1) is 14.9. The van der Waals surface area contributed by atoms with Crippen molar-refractivity contribution in [2.75, 3.05) is 6.61 Å². The van der Waals surface area contributed by atoms with E-state index in [0.717, 1.165) is 36.6 Å². The molecule has 112 valence electrons. The summed E-state index contributed by atoms with van der Waals surface area (Å²) >= 11 is 0. The lowest BCUT2D eigenvalue weighted by molar-refractivity contribution is 0.101. The number of nitrogens with zero attached hydrogens (tertiary/aromatic N) is 1. The molecule has 2 rings (SSSR count). The minimum absolute atomic E-state index is 0.200. The third kappa shape index (κ3) is 3.56. The molecule has 1 atom stereocenters. The van der Waals surface area contributed by atoms with Crippen LogP contribution in [-0.4, -0.2) is 30.7 Å². The molecule has 1 fully saturated rings. The third-order valence-electron chi connectivity index (χ3n) is 3.23. The zero-order valence-corrected chi connectivity index (χ0v) is 11.7. The van der Waals surface area contributed by atoms with Gasteiger partial charge in [0, 0.05) is 19.3 Å². The fraction of sp³-hybridized carbons (Fsp3) is 0.636. The summed E-state index contributed by atoms with van der Waals surface area (Å²) in [6.07, 6.45) is 4.68. The van der Waals surface area contributed by atoms with E-state index in [1.54, 1.807) is 0 Å². The van der Waals surface area contributed by atoms with Gasteiger partial charge < -0.3 is 4.74 Å². The van der Waals surface area contributed by atoms with E-state index in [9.17, 15) is 18.0 Å². The zero-order chi connectivity index (χ0) is 14.8. The Balaban J connectivity index is 2.11. The second-order valence-electron chi connectivity index (χ2n) is 4.77. The number of nitrogens with one attached hydrogen (secondary N) is 1. The molecular formula is C11H17N3O5S. The van der Waals surface area contributed by atoms with Gasteiger partial charge in [-0.25, -0.2) is 18.4 Å². The van der Waals surface area contributed by atoms with E-state index in [2.05, 4.69) is 0 Å². The van der Waals surface area contributed by atoms with Crippen LogP contribution in [0, 0.1) is 0 Å². The molecule has 1 aliphatic heterocycles. The Morgan fingerprint density at radius 1 is 1.45 bits per heavy atom. The highest BCUT2D eigenvalue weighted by Gasteiger charge is 2.17. The first-order valence-corrected chi connectivity index (χ1v) is 7.91. The highest BCUT2D eigenvalue weighted by atomic mass is 32.2. The maximum Gasteiger partial charge on any atom is 0.328 e. The molecule has 3 N–H and O–H groups in total. The van der Waals surface area contributed by atoms with Gasteiger partial charge in [0.05, 0.1) is 6.10 Å². The van der Waals surface area contributed by atoms with E-state index in [-0.39, 0.29) is 6.10 Å². The number of hydrogen-bond acceptors (Lipinski definition) is 5. The maximum atomic E-state index is 11.6. The Labute approximate surface area is 115 Å². The van der Waals surface area contributed by atoms with Crippen LogP contribution >= 0.6 is 0 Å². The molecule has 0 amide bonds. The number of aromatic nitrogens is 2. The molecule has 0 aromatic carbocycles. The lowest BCUT2D eigenvalue weighted by Gasteiger charge is -2.10. The van der Waals surface area contributed by atoms with Crippen molar-refractivity contribution in [1.82, 2.24) is 9.55 Å². The van der Waals surface area contributed by atoms with Gasteiger partial charge in [0.1, 0.15) is 0 Å². The van der Waals surface area contributed by atoms with Crippen molar-refractivity contribution in [3.8, 4) is 0 Å². The molecule has 1 aromatic heterocycles. The van der Waals surface area contributed by atoms with Crippen LogP contribution < -0.4 is 16.4 Å². The van der Waals surface area contributed by atoms with Gasteiger partial charge in [0.2, 0.25) is 10.0 Å². The molecule has 0 radical (unpaired) electrons. The standard InChI is InChI=1S/C11H17N3O5S/c12-20(17,18)9-7-14(11(16)13-10(9)15)5-1-3-8-4-2-6-19-8/h7-8H,1-6H2,(H2,12,17,18)(H,13,15,16). The molecular weight excluding hydrogens is 286 g/mol. The molecule has 0 aliphatic carbocycles. The van der Waals surface area contributed by atoms with Gasteiger partial charge in [-0.1, -0.05) is 0 Å². The van der Waals surface area contributed by atoms with Gasteiger partial charge in [-0.05, 0) is 25.7 Å². The van der Waals surface area contributed by atoms with Gasteiger partial charge in [-0.2, -0.15) is 0 Å². The first-order chi connectivity index (χ1) is 9.38. The van der Waals surface area contributed by atoms with Crippen molar-refractivity contribution in [2.24, 2.45) is 5.14 Å². The molecule has 0 spiro atoms. The number of primary sulfonamides is 1. The monoisotopic (exact) mass is 303 g/mol. The molecule has 1 saturated heterocycles. The number of hydrogen-bond donors (Lipinski definition) is 2. The smallest absolute Gasteiger partial charge is 0.328 e. The molecule has 20 heavy (non-hydrogen) atoms. The van der Waals surface area contributed by atoms with E-state index >= 15 is 0 Å². The van der Waals surface area contributed by atoms with E-state index in [0.29, 0.717) is 13.0 Å². The van der Waals surface area contributed by atoms with Gasteiger partial charge >= 0.3 is 5.69 Å². The molecule has 1 aromatic rings. The van der Waals surface area contributed by atoms with E-state index in [4.69, 9.17) is 9.88 Å². The summed E-state index contributed by atoms with van der Waals surface area (Å²) in [4.78, 5) is 24.3. The van der Waals surface area contributed by atoms with Crippen LogP contribution in [-0.2, 0) is 21.3 Å². The summed E-state index contributed by atoms with van der Waals surface area (Å²) in [7, 11) is -4.14. The molecule has 2 heterocycles. The highest BCUT2D eigenvalue weighted by Crippen LogP contribution is 2.16. The highest BCUT2D eigenvalue weighted by molar-refractivity contribution is 7.89. The topological polar surface area (TPSA) is 124 Å². The van der Waals surface area contributed by atoms with E-state index in [1.165, 1.54) is 0 Å². The number of ether oxygens (including phenoxy) is 1. The maximum absolute atomic E-state index is 11.6. The fourth-order valence-electron chi connectivity index (χ4n) is 2.22. The predicted octanol–water partition coefficient (Wildman–Crippen LogP) is -0.857. The van der Waals surface area contributed by atoms with Gasteiger partial charge in [-0.15, -0.1) is 0 Å². The fourth-order valence-corrected chi connectivity index (χ4v) is 2.80. The average Bonchev–Trinajstić information content (AvgIpc) is 2.83. The lowest BCUT2D eigenvalue weighted by atomic mass is 10.1. The van der Waals surface area contributed by atoms with E-state index in [1.807, 2.05) is 4.98 Å². The van der Waals surface area contributed by atoms with Crippen LogP contribution in [0.2, 0.25) is 0 Å². The minimum Gasteiger partial charge on any atom is -0.378 e. The number of rotatable bonds is 5. The van der Waals surface area contributed by atoms with E-state index < -0.39 is 26.2 Å². The average molecular weight is 303 g/mol. The predicted molar refractivity (Wildman–Crippen MR) is 70.9 cm³/mol. The Bertz CT molecular complexity index is 685. The van der Waals surface area contributed by atoms with Crippen molar-refractivity contribution in [1.29, 1.82) is 0 Å². The number of H-pyrrole nitrogens is 1. The third-order valence-corrected chi connectivity index (χ3v) is 4.14. The second kappa shape index (κ2) is 5.90. The van der Waals surface area contributed by atoms with Crippen LogP contribution in [0.15, 0.2) is 20.7 Å². The Morgan fingerprint density at radius 2 is 2.20 bits per heavy atom. The molecule has 0 saturated carbocycles. The summed E-state index contributed by atoms with van der Waals surface area (Å²) in [6, 6.07) is 0. The molecule has 1 aliphatic rings. The van der Waals surface area contributed by atoms with Gasteiger partial charge in [0.15, 0.2) is 4.90 Å². The van der Waals surface area contributed by atoms with Crippen LogP contribution in [0.3, 0.4) is 0 Å². The lowest BCUT2D eigenvalue weighted by Crippen LogP contribution is -2.34. The molecule has 0 bridgehead atoms. The quantitative estimate of drug-likeness (QED) is 0.732. The van der Waals surface area contributed by atoms with Crippen LogP contribution in [0.5, 0.6) is 0 Å². The van der Waals surface area contributed by atoms with Crippen molar-refractivity contribution in [3.63, 3.8) is 0 Å². The number of sulfonamides is 1. The largest absolute Gasteiger partial charge is 0.378 e. The van der Waals surface area contributed by atoms with Gasteiger partial charge in [-0.3, -0.25) is 14.3 Å². The molecule has 8 nitrogen and oxygen atoms in total. The van der Waals surface area contributed by atoms with Crippen molar-refractivity contribution in [2.45, 2.75) is 43.2 Å². The minimum atomic E-state index is -4.14. The first-order valence-electron chi connectivity index (χ1n) is 6.36. The second-order valence-corrected chi connectivity index (χ2v) is 6.30. The SMILES string of the molecule is NS(=O)(=O)c1cn(CCCC2CCCO2)c(=O)[nH]c1=O. The summed E-state index contributed by atoms with van der Waals surface area (Å²) in [5.41, 5.74) is -1.64. The number of nitrogens with two attached hydrogens (primary N) is 1. The number of aromatic amines is 1. The summed E-state index contributed by atoms with van der Waals surface area (Å²) in [5.74, 6) is 0. The normalized spacial score (nSPS) is 19.4. The Hall–Kier alpha value is -1.45. The Morgan fingerprint density at radius 3 is 2.80 bits per heavy atom. The van der Waals surface area contributed by atoms with Crippen molar-refractivity contribution < 1.29 is 13.2 Å². The van der Waals surface area contributed by atoms with Crippen molar-refractivity contribution >= 4 is 10.0 Å². The van der Waals surface area contributed by atoms with Crippen LogP contribution in [0.1, 0.15) is 25.7 Å². The van der Waals surface area contributed by atoms with Crippen LogP contribution in [0.4, 0.5) is 0 Å². The Kier molecular flexibility index (Phi) is 4.41. The number of aryl methyl sites for hydroxylation is 1. The summed E-state index contributed by atoms with van der Waals surface area (Å²) in [5, 5.41) is 4.92. The van der Waals surface area contributed by atoms with Crippen LogP contribution in [0.25, 0.3) is 0 Å². The van der Waals surface area contributed by atoms with Gasteiger partial charge in [0.25, 0.3) is 5.56 Å². The van der Waals surface area contributed by atoms with Crippen molar-refractivity contribution in [3.05, 3.63) is 27.0 Å².